The smallest absolute Gasteiger partial charge is 0.0412 e. The predicted octanol–water partition coefficient (Wildman–Crippen LogP) is 7.01. The molecule has 145 valence electrons. The molecule has 0 aliphatic carbocycles. The quantitative estimate of drug-likeness (QED) is 0.416. The lowest BCUT2D eigenvalue weighted by Gasteiger charge is -2.28. The average Bonchev–Trinajstić information content (AvgIpc) is 2.72. The van der Waals surface area contributed by atoms with Gasteiger partial charge in [-0.25, -0.2) is 0 Å². The fraction of sp³-hybridized carbons (Fsp3) is 0.333. The van der Waals surface area contributed by atoms with Gasteiger partial charge in [0.2, 0.25) is 0 Å². The van der Waals surface area contributed by atoms with Gasteiger partial charge in [-0.1, -0.05) is 88.7 Å². The van der Waals surface area contributed by atoms with Gasteiger partial charge >= 0.3 is 0 Å². The monoisotopic (exact) mass is 370 g/mol. The van der Waals surface area contributed by atoms with Crippen LogP contribution < -0.4 is 0 Å². The highest BCUT2D eigenvalue weighted by molar-refractivity contribution is 5.48. The van der Waals surface area contributed by atoms with Crippen molar-refractivity contribution in [1.82, 2.24) is 4.98 Å². The molecule has 1 heterocycles. The normalized spacial score (nSPS) is 12.5. The van der Waals surface area contributed by atoms with Gasteiger partial charge in [-0.05, 0) is 52.6 Å². The number of benzene rings is 2. The second-order valence-electron chi connectivity index (χ2n) is 8.03. The van der Waals surface area contributed by atoms with Crippen molar-refractivity contribution in [2.45, 2.75) is 52.9 Å². The Hall–Kier alpha value is -2.41. The molecule has 1 heteroatoms. The highest BCUT2D eigenvalue weighted by Gasteiger charge is 2.25. The Labute approximate surface area is 170 Å². The van der Waals surface area contributed by atoms with E-state index >= 15 is 0 Å². The molecule has 28 heavy (non-hydrogen) atoms. The molecule has 3 rings (SSSR count). The minimum absolute atomic E-state index is 0.484. The summed E-state index contributed by atoms with van der Waals surface area (Å²) < 4.78 is 0. The van der Waals surface area contributed by atoms with Crippen LogP contribution in [0.3, 0.4) is 0 Å². The molecule has 3 aromatic rings. The van der Waals surface area contributed by atoms with Gasteiger partial charge in [-0.3, -0.25) is 4.98 Å². The molecule has 0 saturated carbocycles. The minimum atomic E-state index is 0.484. The van der Waals surface area contributed by atoms with Crippen molar-refractivity contribution >= 4 is 0 Å². The first-order chi connectivity index (χ1) is 13.6. The van der Waals surface area contributed by atoms with Crippen molar-refractivity contribution in [1.29, 1.82) is 0 Å². The Balaban J connectivity index is 2.02. The van der Waals surface area contributed by atoms with Crippen molar-refractivity contribution < 1.29 is 0 Å². The Morgan fingerprint density at radius 3 is 2.25 bits per heavy atom. The Bertz CT molecular complexity index is 852. The van der Waals surface area contributed by atoms with Crippen molar-refractivity contribution in [3.05, 3.63) is 107 Å². The summed E-state index contributed by atoms with van der Waals surface area (Å²) in [5.74, 6) is 2.53. The van der Waals surface area contributed by atoms with Crippen LogP contribution in [0.2, 0.25) is 0 Å². The third-order valence-corrected chi connectivity index (χ3v) is 5.66. The fourth-order valence-corrected chi connectivity index (χ4v) is 4.02. The van der Waals surface area contributed by atoms with E-state index in [0.29, 0.717) is 11.8 Å². The molecule has 1 nitrogen and oxygen atoms in total. The molecule has 2 aromatic carbocycles. The molecule has 0 N–H and O–H groups in total. The van der Waals surface area contributed by atoms with E-state index in [1.54, 1.807) is 0 Å². The number of aromatic nitrogens is 1. The summed E-state index contributed by atoms with van der Waals surface area (Å²) in [6.07, 6.45) is 4.95. The first-order valence-corrected chi connectivity index (χ1v) is 10.5. The number of pyridine rings is 1. The molecule has 0 amide bonds. The lowest BCUT2D eigenvalue weighted by molar-refractivity contribution is 0.568. The molecular weight excluding hydrogens is 338 g/mol. The van der Waals surface area contributed by atoms with Gasteiger partial charge in [0.15, 0.2) is 0 Å². The largest absolute Gasteiger partial charge is 0.261 e. The zero-order valence-corrected chi connectivity index (χ0v) is 17.7. The minimum Gasteiger partial charge on any atom is -0.261 e. The van der Waals surface area contributed by atoms with E-state index < -0.39 is 0 Å². The van der Waals surface area contributed by atoms with Crippen LogP contribution in [0.1, 0.15) is 68.0 Å². The van der Waals surface area contributed by atoms with Gasteiger partial charge in [-0.15, -0.1) is 0 Å². The molecule has 1 aromatic heterocycles. The molecule has 1 atom stereocenters. The van der Waals surface area contributed by atoms with Crippen LogP contribution in [0.25, 0.3) is 0 Å². The van der Waals surface area contributed by atoms with Crippen molar-refractivity contribution in [3.63, 3.8) is 0 Å². The maximum Gasteiger partial charge on any atom is 0.0412 e. The average molecular weight is 371 g/mol. The lowest BCUT2D eigenvalue weighted by Crippen LogP contribution is -2.17. The van der Waals surface area contributed by atoms with Crippen LogP contribution >= 0.6 is 0 Å². The summed E-state index contributed by atoms with van der Waals surface area (Å²) in [6, 6.07) is 23.9. The van der Waals surface area contributed by atoms with E-state index in [-0.39, 0.29) is 0 Å². The number of hydrogen-bond donors (Lipinski definition) is 0. The molecule has 0 bridgehead atoms. The van der Waals surface area contributed by atoms with Crippen LogP contribution in [0.15, 0.2) is 72.9 Å². The molecule has 0 aliphatic rings. The molecule has 0 fully saturated rings. The maximum absolute atomic E-state index is 4.60. The van der Waals surface area contributed by atoms with Gasteiger partial charge in [0.05, 0.1) is 0 Å². The second-order valence-corrected chi connectivity index (χ2v) is 8.03. The van der Waals surface area contributed by atoms with Crippen molar-refractivity contribution in [3.8, 4) is 0 Å². The van der Waals surface area contributed by atoms with E-state index in [0.717, 1.165) is 25.0 Å². The van der Waals surface area contributed by atoms with E-state index in [9.17, 15) is 0 Å². The van der Waals surface area contributed by atoms with Gasteiger partial charge in [0.1, 0.15) is 0 Å². The molecule has 1 unspecified atom stereocenters. The zero-order valence-electron chi connectivity index (χ0n) is 17.7. The number of hydrogen-bond acceptors (Lipinski definition) is 1. The second kappa shape index (κ2) is 9.68. The fourth-order valence-electron chi connectivity index (χ4n) is 4.02. The maximum atomic E-state index is 4.60. The molecule has 0 aliphatic heterocycles. The lowest BCUT2D eigenvalue weighted by atomic mass is 9.76. The zero-order chi connectivity index (χ0) is 19.9. The van der Waals surface area contributed by atoms with Crippen molar-refractivity contribution in [2.24, 2.45) is 5.92 Å². The standard InChI is InChI=1S/C27H32N/c1-5-21(4)26(19-24-15-9-10-17-28-24)25-16-11-14-23(27(25)20(2)3)18-22-12-7-6-8-13-22/h6-17,20-21H,5,18-19H2,1-4H3. The van der Waals surface area contributed by atoms with Crippen LogP contribution in [-0.2, 0) is 12.8 Å². The third kappa shape index (κ3) is 4.90. The van der Waals surface area contributed by atoms with Gasteiger partial charge in [0.25, 0.3) is 0 Å². The van der Waals surface area contributed by atoms with Crippen molar-refractivity contribution in [2.75, 3.05) is 0 Å². The summed E-state index contributed by atoms with van der Waals surface area (Å²) in [4.78, 5) is 4.60. The summed E-state index contributed by atoms with van der Waals surface area (Å²) in [6.45, 7) is 9.28. The number of rotatable bonds is 8. The van der Waals surface area contributed by atoms with E-state index in [1.807, 2.05) is 12.3 Å². The van der Waals surface area contributed by atoms with Crippen LogP contribution in [0.4, 0.5) is 0 Å². The summed E-state index contributed by atoms with van der Waals surface area (Å²) in [5.41, 5.74) is 6.90. The van der Waals surface area contributed by atoms with E-state index in [1.165, 1.54) is 28.2 Å². The summed E-state index contributed by atoms with van der Waals surface area (Å²) >= 11 is 0. The highest BCUT2D eigenvalue weighted by atomic mass is 14.7. The highest BCUT2D eigenvalue weighted by Crippen LogP contribution is 2.36. The number of nitrogens with zero attached hydrogens (tertiary/aromatic N) is 1. The topological polar surface area (TPSA) is 12.9 Å². The molecule has 0 spiro atoms. The summed E-state index contributed by atoms with van der Waals surface area (Å²) in [5, 5.41) is 0. The van der Waals surface area contributed by atoms with Gasteiger partial charge in [0, 0.05) is 24.2 Å². The first kappa shape index (κ1) is 20.3. The van der Waals surface area contributed by atoms with E-state index in [2.05, 4.69) is 93.3 Å². The van der Waals surface area contributed by atoms with E-state index in [4.69, 9.17) is 0 Å². The van der Waals surface area contributed by atoms with Gasteiger partial charge < -0.3 is 0 Å². The van der Waals surface area contributed by atoms with Gasteiger partial charge in [-0.2, -0.15) is 0 Å². The Kier molecular flexibility index (Phi) is 7.03. The Morgan fingerprint density at radius 1 is 0.857 bits per heavy atom. The SMILES string of the molecule is CCC(C)[C](Cc1ccccn1)c1cccc(Cc2ccccc2)c1C(C)C. The predicted molar refractivity (Wildman–Crippen MR) is 120 cm³/mol. The molecule has 1 radical (unpaired) electrons. The molecule has 0 saturated heterocycles. The van der Waals surface area contributed by atoms with Crippen LogP contribution in [0.5, 0.6) is 0 Å². The molecular formula is C27H32N. The first-order valence-electron chi connectivity index (χ1n) is 10.5. The Morgan fingerprint density at radius 2 is 1.61 bits per heavy atom. The third-order valence-electron chi connectivity index (χ3n) is 5.66. The van der Waals surface area contributed by atoms with Crippen LogP contribution in [-0.4, -0.2) is 4.98 Å². The van der Waals surface area contributed by atoms with Crippen LogP contribution in [0, 0.1) is 11.8 Å². The summed E-state index contributed by atoms with van der Waals surface area (Å²) in [7, 11) is 0.